The van der Waals surface area contributed by atoms with E-state index in [1.165, 1.54) is 0 Å². The zero-order valence-corrected chi connectivity index (χ0v) is 11.6. The van der Waals surface area contributed by atoms with E-state index < -0.39 is 0 Å². The topological polar surface area (TPSA) is 75.6 Å². The van der Waals surface area contributed by atoms with E-state index in [0.717, 1.165) is 35.2 Å². The number of carbonyl (C=O) groups is 1. The van der Waals surface area contributed by atoms with Gasteiger partial charge in [0.15, 0.2) is 0 Å². The van der Waals surface area contributed by atoms with Crippen molar-refractivity contribution < 1.29 is 4.79 Å². The van der Waals surface area contributed by atoms with Crippen LogP contribution in [-0.4, -0.2) is 25.7 Å². The third-order valence-electron chi connectivity index (χ3n) is 4.09. The van der Waals surface area contributed by atoms with Gasteiger partial charge in [0.05, 0.1) is 28.7 Å². The molecule has 0 radical (unpaired) electrons. The fourth-order valence-corrected chi connectivity index (χ4v) is 2.36. The fraction of sp³-hybridized carbons (Fsp3) is 0.267. The highest BCUT2D eigenvalue weighted by atomic mass is 16.2. The van der Waals surface area contributed by atoms with Crippen LogP contribution in [0.3, 0.4) is 0 Å². The molecule has 0 saturated heterocycles. The lowest BCUT2D eigenvalue weighted by Gasteiger charge is -2.14. The first kappa shape index (κ1) is 12.1. The standard InChI is InChI=1S/C15H15N5O/c1-15(3-4-15)14(21)19-12-7-10-11(17-9-16-10)8-13(12)20-6-2-5-18-20/h2,5-9H,3-4H2,1H3,(H,16,17)(H,19,21). The maximum Gasteiger partial charge on any atom is 0.230 e. The molecule has 6 nitrogen and oxygen atoms in total. The van der Waals surface area contributed by atoms with Gasteiger partial charge < -0.3 is 10.3 Å². The van der Waals surface area contributed by atoms with Crippen molar-refractivity contribution in [3.8, 4) is 5.69 Å². The molecule has 106 valence electrons. The molecule has 0 atom stereocenters. The number of rotatable bonds is 3. The van der Waals surface area contributed by atoms with Crippen molar-refractivity contribution in [2.45, 2.75) is 19.8 Å². The maximum absolute atomic E-state index is 12.3. The molecule has 6 heteroatoms. The van der Waals surface area contributed by atoms with Gasteiger partial charge in [-0.2, -0.15) is 5.10 Å². The number of aromatic nitrogens is 4. The van der Waals surface area contributed by atoms with Crippen LogP contribution in [0.5, 0.6) is 0 Å². The third kappa shape index (κ3) is 1.99. The van der Waals surface area contributed by atoms with E-state index in [0.29, 0.717) is 0 Å². The molecule has 4 rings (SSSR count). The second kappa shape index (κ2) is 4.18. The summed E-state index contributed by atoms with van der Waals surface area (Å²) >= 11 is 0. The van der Waals surface area contributed by atoms with Gasteiger partial charge in [0.2, 0.25) is 5.91 Å². The number of aromatic amines is 1. The second-order valence-corrected chi connectivity index (χ2v) is 5.75. The number of hydrogen-bond donors (Lipinski definition) is 2. The minimum atomic E-state index is -0.218. The Morgan fingerprint density at radius 2 is 2.29 bits per heavy atom. The zero-order valence-electron chi connectivity index (χ0n) is 11.6. The number of anilines is 1. The second-order valence-electron chi connectivity index (χ2n) is 5.75. The first-order valence-corrected chi connectivity index (χ1v) is 6.94. The molecule has 1 fully saturated rings. The van der Waals surface area contributed by atoms with Gasteiger partial charge in [0.1, 0.15) is 0 Å². The van der Waals surface area contributed by atoms with E-state index >= 15 is 0 Å². The number of fused-ring (bicyclic) bond motifs is 1. The van der Waals surface area contributed by atoms with E-state index in [1.54, 1.807) is 17.2 Å². The van der Waals surface area contributed by atoms with Gasteiger partial charge in [0.25, 0.3) is 0 Å². The molecular weight excluding hydrogens is 266 g/mol. The molecule has 1 aliphatic rings. The maximum atomic E-state index is 12.3. The number of hydrogen-bond acceptors (Lipinski definition) is 3. The summed E-state index contributed by atoms with van der Waals surface area (Å²) in [7, 11) is 0. The van der Waals surface area contributed by atoms with Gasteiger partial charge in [-0.15, -0.1) is 0 Å². The van der Waals surface area contributed by atoms with Crippen molar-refractivity contribution in [2.24, 2.45) is 5.41 Å². The summed E-state index contributed by atoms with van der Waals surface area (Å²) in [5, 5.41) is 7.29. The highest BCUT2D eigenvalue weighted by Gasteiger charge is 2.45. The molecule has 1 saturated carbocycles. The Kier molecular flexibility index (Phi) is 2.42. The summed E-state index contributed by atoms with van der Waals surface area (Å²) in [6.07, 6.45) is 7.10. The molecule has 1 amide bonds. The lowest BCUT2D eigenvalue weighted by atomic mass is 10.1. The van der Waals surface area contributed by atoms with E-state index in [-0.39, 0.29) is 11.3 Å². The molecule has 1 aliphatic carbocycles. The summed E-state index contributed by atoms with van der Waals surface area (Å²) in [6, 6.07) is 5.68. The molecule has 1 aromatic carbocycles. The number of H-pyrrole nitrogens is 1. The van der Waals surface area contributed by atoms with Crippen molar-refractivity contribution in [1.82, 2.24) is 19.7 Å². The summed E-state index contributed by atoms with van der Waals surface area (Å²) in [5.41, 5.74) is 3.08. The van der Waals surface area contributed by atoms with Crippen molar-refractivity contribution in [3.63, 3.8) is 0 Å². The van der Waals surface area contributed by atoms with Gasteiger partial charge in [-0.3, -0.25) is 4.79 Å². The first-order chi connectivity index (χ1) is 10.2. The normalized spacial score (nSPS) is 16.0. The summed E-state index contributed by atoms with van der Waals surface area (Å²) < 4.78 is 1.74. The average molecular weight is 281 g/mol. The monoisotopic (exact) mass is 281 g/mol. The Morgan fingerprint density at radius 3 is 3.00 bits per heavy atom. The predicted molar refractivity (Wildman–Crippen MR) is 79.2 cm³/mol. The van der Waals surface area contributed by atoms with Gasteiger partial charge in [-0.05, 0) is 31.0 Å². The van der Waals surface area contributed by atoms with E-state index in [1.807, 2.05) is 31.3 Å². The molecule has 2 heterocycles. The largest absolute Gasteiger partial charge is 0.345 e. The van der Waals surface area contributed by atoms with Gasteiger partial charge in [-0.25, -0.2) is 9.67 Å². The molecule has 2 N–H and O–H groups in total. The van der Waals surface area contributed by atoms with Crippen LogP contribution in [0.4, 0.5) is 5.69 Å². The minimum absolute atomic E-state index is 0.0646. The van der Waals surface area contributed by atoms with Crippen LogP contribution in [0.25, 0.3) is 16.7 Å². The smallest absolute Gasteiger partial charge is 0.230 e. The van der Waals surface area contributed by atoms with Crippen molar-refractivity contribution in [1.29, 1.82) is 0 Å². The Balaban J connectivity index is 1.81. The number of amides is 1. The molecular formula is C15H15N5O. The average Bonchev–Trinajstić information content (AvgIpc) is 2.93. The number of imidazole rings is 1. The van der Waals surface area contributed by atoms with Gasteiger partial charge in [0, 0.05) is 17.8 Å². The summed E-state index contributed by atoms with van der Waals surface area (Å²) in [4.78, 5) is 19.7. The molecule has 0 unspecified atom stereocenters. The molecule has 0 bridgehead atoms. The van der Waals surface area contributed by atoms with Gasteiger partial charge in [-0.1, -0.05) is 6.92 Å². The molecule has 21 heavy (non-hydrogen) atoms. The van der Waals surface area contributed by atoms with Gasteiger partial charge >= 0.3 is 0 Å². The summed E-state index contributed by atoms with van der Waals surface area (Å²) in [6.45, 7) is 1.99. The van der Waals surface area contributed by atoms with Crippen LogP contribution in [-0.2, 0) is 4.79 Å². The molecule has 2 aromatic heterocycles. The quantitative estimate of drug-likeness (QED) is 0.774. The highest BCUT2D eigenvalue weighted by Crippen LogP contribution is 2.46. The van der Waals surface area contributed by atoms with Crippen LogP contribution >= 0.6 is 0 Å². The Bertz CT molecular complexity index is 814. The third-order valence-corrected chi connectivity index (χ3v) is 4.09. The van der Waals surface area contributed by atoms with Crippen LogP contribution in [0.2, 0.25) is 0 Å². The number of nitrogens with zero attached hydrogens (tertiary/aromatic N) is 3. The number of benzene rings is 1. The Labute approximate surface area is 121 Å². The highest BCUT2D eigenvalue weighted by molar-refractivity contribution is 6.00. The number of carbonyl (C=O) groups excluding carboxylic acids is 1. The predicted octanol–water partition coefficient (Wildman–Crippen LogP) is 2.49. The van der Waals surface area contributed by atoms with E-state index in [9.17, 15) is 4.79 Å². The Morgan fingerprint density at radius 1 is 1.43 bits per heavy atom. The van der Waals surface area contributed by atoms with E-state index in [2.05, 4.69) is 20.4 Å². The van der Waals surface area contributed by atoms with Crippen molar-refractivity contribution >= 4 is 22.6 Å². The fourth-order valence-electron chi connectivity index (χ4n) is 2.36. The Hall–Kier alpha value is -2.63. The lowest BCUT2D eigenvalue weighted by molar-refractivity contribution is -0.120. The molecule has 3 aromatic rings. The van der Waals surface area contributed by atoms with Crippen molar-refractivity contribution in [3.05, 3.63) is 36.9 Å². The van der Waals surface area contributed by atoms with E-state index in [4.69, 9.17) is 0 Å². The van der Waals surface area contributed by atoms with Crippen molar-refractivity contribution in [2.75, 3.05) is 5.32 Å². The SMILES string of the molecule is CC1(C(=O)Nc2cc3[nH]cnc3cc2-n2cccn2)CC1. The number of nitrogens with one attached hydrogen (secondary N) is 2. The van der Waals surface area contributed by atoms with Crippen LogP contribution in [0.1, 0.15) is 19.8 Å². The minimum Gasteiger partial charge on any atom is -0.345 e. The zero-order chi connectivity index (χ0) is 14.4. The first-order valence-electron chi connectivity index (χ1n) is 6.94. The lowest BCUT2D eigenvalue weighted by Crippen LogP contribution is -2.22. The van der Waals surface area contributed by atoms with Crippen LogP contribution < -0.4 is 5.32 Å². The van der Waals surface area contributed by atoms with Crippen LogP contribution in [0.15, 0.2) is 36.9 Å². The van der Waals surface area contributed by atoms with Crippen LogP contribution in [0, 0.1) is 5.41 Å². The summed E-state index contributed by atoms with van der Waals surface area (Å²) in [5.74, 6) is 0.0646. The molecule has 0 aliphatic heterocycles. The molecule has 0 spiro atoms.